The second-order valence-electron chi connectivity index (χ2n) is 7.55. The van der Waals surface area contributed by atoms with Crippen molar-refractivity contribution >= 4 is 34.4 Å². The lowest BCUT2D eigenvalue weighted by Crippen LogP contribution is -2.13. The molecule has 0 spiro atoms. The smallest absolute Gasteiger partial charge is 0.258 e. The van der Waals surface area contributed by atoms with Gasteiger partial charge in [-0.25, -0.2) is 9.97 Å². The number of rotatable bonds is 6. The molecule has 0 radical (unpaired) electrons. The van der Waals surface area contributed by atoms with E-state index in [4.69, 9.17) is 4.52 Å². The number of hydrogen-bond acceptors (Lipinski definition) is 6. The van der Waals surface area contributed by atoms with Gasteiger partial charge >= 0.3 is 0 Å². The van der Waals surface area contributed by atoms with Crippen molar-refractivity contribution in [3.63, 3.8) is 0 Å². The number of aryl methyl sites for hydroxylation is 2. The van der Waals surface area contributed by atoms with Crippen molar-refractivity contribution in [2.45, 2.75) is 24.6 Å². The van der Waals surface area contributed by atoms with Crippen molar-refractivity contribution < 1.29 is 9.32 Å². The van der Waals surface area contributed by atoms with Gasteiger partial charge in [0.2, 0.25) is 0 Å². The van der Waals surface area contributed by atoms with Gasteiger partial charge in [0.1, 0.15) is 17.1 Å². The fourth-order valence-corrected chi connectivity index (χ4v) is 4.74. The normalized spacial score (nSPS) is 11.1. The zero-order chi connectivity index (χ0) is 22.8. The quantitative estimate of drug-likeness (QED) is 0.337. The Balaban J connectivity index is 1.32. The number of nitrogens with zero attached hydrogens (tertiary/aromatic N) is 4. The van der Waals surface area contributed by atoms with Crippen LogP contribution in [0.1, 0.15) is 27.4 Å². The molecule has 0 unspecified atom stereocenters. The Morgan fingerprint density at radius 3 is 2.64 bits per heavy atom. The molecule has 5 rings (SSSR count). The maximum Gasteiger partial charge on any atom is 0.258 e. The van der Waals surface area contributed by atoms with E-state index in [-0.39, 0.29) is 5.91 Å². The second kappa shape index (κ2) is 8.91. The number of carbonyl (C=O) groups is 1. The molecule has 0 bridgehead atoms. The topological polar surface area (TPSA) is 85.8 Å². The molecular weight excluding hydrogens is 434 g/mol. The first kappa shape index (κ1) is 21.0. The van der Waals surface area contributed by atoms with Crippen LogP contribution in [0.5, 0.6) is 0 Å². The van der Waals surface area contributed by atoms with Gasteiger partial charge in [0, 0.05) is 28.9 Å². The molecule has 0 aliphatic heterocycles. The van der Waals surface area contributed by atoms with Crippen LogP contribution in [0.3, 0.4) is 0 Å². The minimum absolute atomic E-state index is 0.204. The Labute approximate surface area is 194 Å². The monoisotopic (exact) mass is 455 g/mol. The number of aromatic nitrogens is 4. The van der Waals surface area contributed by atoms with Gasteiger partial charge in [-0.05, 0) is 62.4 Å². The molecule has 0 saturated carbocycles. The van der Waals surface area contributed by atoms with Crippen LogP contribution in [-0.4, -0.2) is 25.6 Å². The van der Waals surface area contributed by atoms with Crippen molar-refractivity contribution in [3.05, 3.63) is 95.8 Å². The molecule has 0 fully saturated rings. The van der Waals surface area contributed by atoms with Crippen molar-refractivity contribution in [3.8, 4) is 5.69 Å². The van der Waals surface area contributed by atoms with Gasteiger partial charge in [-0.3, -0.25) is 9.36 Å². The van der Waals surface area contributed by atoms with E-state index in [1.165, 1.54) is 11.8 Å². The van der Waals surface area contributed by atoms with Gasteiger partial charge in [0.25, 0.3) is 5.91 Å². The lowest BCUT2D eigenvalue weighted by atomic mass is 10.2. The second-order valence-corrected chi connectivity index (χ2v) is 8.52. The zero-order valence-corrected chi connectivity index (χ0v) is 19.0. The molecular formula is C25H21N5O2S. The summed E-state index contributed by atoms with van der Waals surface area (Å²) in [5.74, 6) is 1.21. The predicted octanol–water partition coefficient (Wildman–Crippen LogP) is 5.57. The Bertz CT molecular complexity index is 1420. The molecule has 2 aromatic carbocycles. The van der Waals surface area contributed by atoms with Crippen LogP contribution < -0.4 is 5.32 Å². The van der Waals surface area contributed by atoms with Gasteiger partial charge in [-0.1, -0.05) is 17.3 Å². The summed E-state index contributed by atoms with van der Waals surface area (Å²) >= 11 is 1.49. The fraction of sp³-hybridized carbons (Fsp3) is 0.120. The summed E-state index contributed by atoms with van der Waals surface area (Å²) in [6.45, 7) is 3.80. The number of fused-ring (bicyclic) bond motifs is 1. The van der Waals surface area contributed by atoms with E-state index in [2.05, 4.69) is 20.4 Å². The van der Waals surface area contributed by atoms with Crippen LogP contribution in [0.25, 0.3) is 16.7 Å². The van der Waals surface area contributed by atoms with E-state index in [9.17, 15) is 4.79 Å². The maximum atomic E-state index is 13.0. The van der Waals surface area contributed by atoms with Crippen molar-refractivity contribution in [1.82, 2.24) is 19.7 Å². The first-order valence-corrected chi connectivity index (χ1v) is 11.4. The first-order valence-electron chi connectivity index (χ1n) is 10.4. The summed E-state index contributed by atoms with van der Waals surface area (Å²) < 4.78 is 7.25. The highest BCUT2D eigenvalue weighted by Crippen LogP contribution is 2.28. The molecule has 1 N–H and O–H groups in total. The third-order valence-corrected chi connectivity index (χ3v) is 6.44. The number of nitrogens with one attached hydrogen (secondary N) is 1. The predicted molar refractivity (Wildman–Crippen MR) is 129 cm³/mol. The molecule has 0 saturated heterocycles. The molecule has 3 heterocycles. The molecule has 5 aromatic rings. The number of para-hydroxylation sites is 2. The number of benzene rings is 2. The fourth-order valence-electron chi connectivity index (χ4n) is 3.60. The number of carbonyl (C=O) groups excluding carboxylic acids is 1. The van der Waals surface area contributed by atoms with Gasteiger partial charge < -0.3 is 9.84 Å². The van der Waals surface area contributed by atoms with E-state index in [1.54, 1.807) is 24.7 Å². The Morgan fingerprint density at radius 2 is 1.85 bits per heavy atom. The molecule has 7 nitrogen and oxygen atoms in total. The summed E-state index contributed by atoms with van der Waals surface area (Å²) in [7, 11) is 0. The number of hydrogen-bond donors (Lipinski definition) is 1. The molecule has 0 atom stereocenters. The summed E-state index contributed by atoms with van der Waals surface area (Å²) in [5.41, 5.74) is 6.06. The number of pyridine rings is 1. The maximum absolute atomic E-state index is 13.0. The molecule has 33 heavy (non-hydrogen) atoms. The average Bonchev–Trinajstić information content (AvgIpc) is 3.41. The minimum atomic E-state index is -0.204. The Hall–Kier alpha value is -3.91. The van der Waals surface area contributed by atoms with Gasteiger partial charge in [0.05, 0.1) is 22.3 Å². The largest absolute Gasteiger partial charge is 0.361 e. The summed E-state index contributed by atoms with van der Waals surface area (Å²) in [4.78, 5) is 21.9. The molecule has 3 aromatic heterocycles. The zero-order valence-electron chi connectivity index (χ0n) is 18.1. The number of thioether (sulfide) groups is 1. The van der Waals surface area contributed by atoms with Crippen LogP contribution in [0, 0.1) is 13.8 Å². The summed E-state index contributed by atoms with van der Waals surface area (Å²) in [5, 5.41) is 7.63. The molecule has 1 amide bonds. The third-order valence-electron chi connectivity index (χ3n) is 5.41. The van der Waals surface area contributed by atoms with Crippen molar-refractivity contribution in [2.24, 2.45) is 0 Å². The van der Waals surface area contributed by atoms with Crippen LogP contribution >= 0.6 is 11.8 Å². The Morgan fingerprint density at radius 1 is 1.03 bits per heavy atom. The molecule has 0 aliphatic carbocycles. The van der Waals surface area contributed by atoms with E-state index in [1.807, 2.05) is 66.9 Å². The average molecular weight is 456 g/mol. The summed E-state index contributed by atoms with van der Waals surface area (Å²) in [6, 6.07) is 19.2. The van der Waals surface area contributed by atoms with E-state index in [0.29, 0.717) is 22.0 Å². The minimum Gasteiger partial charge on any atom is -0.361 e. The van der Waals surface area contributed by atoms with Gasteiger partial charge in [-0.15, -0.1) is 11.8 Å². The van der Waals surface area contributed by atoms with E-state index in [0.717, 1.165) is 33.7 Å². The highest BCUT2D eigenvalue weighted by molar-refractivity contribution is 7.98. The summed E-state index contributed by atoms with van der Waals surface area (Å²) in [6.07, 6.45) is 3.49. The van der Waals surface area contributed by atoms with Crippen LogP contribution in [-0.2, 0) is 5.75 Å². The van der Waals surface area contributed by atoms with Crippen LogP contribution in [0.4, 0.5) is 5.69 Å². The number of anilines is 1. The standard InChI is InChI=1S/C25H21N5O2S/c1-16-21(17(2)32-29-16)14-33-25-20(6-5-13-26-25)24(31)28-18-9-11-19(12-10-18)30-15-27-22-7-3-4-8-23(22)30/h3-13,15H,14H2,1-2H3,(H,28,31). The highest BCUT2D eigenvalue weighted by atomic mass is 32.2. The van der Waals surface area contributed by atoms with Crippen LogP contribution in [0.2, 0.25) is 0 Å². The molecule has 0 aliphatic rings. The first-order chi connectivity index (χ1) is 16.1. The number of amides is 1. The van der Waals surface area contributed by atoms with E-state index >= 15 is 0 Å². The lowest BCUT2D eigenvalue weighted by Gasteiger charge is -2.10. The van der Waals surface area contributed by atoms with Crippen LogP contribution in [0.15, 0.2) is 82.7 Å². The van der Waals surface area contributed by atoms with Crippen molar-refractivity contribution in [2.75, 3.05) is 5.32 Å². The Kier molecular flexibility index (Phi) is 5.66. The van der Waals surface area contributed by atoms with E-state index < -0.39 is 0 Å². The highest BCUT2D eigenvalue weighted by Gasteiger charge is 2.16. The third kappa shape index (κ3) is 4.25. The molecule has 164 valence electrons. The van der Waals surface area contributed by atoms with Gasteiger partial charge in [0.15, 0.2) is 0 Å². The van der Waals surface area contributed by atoms with Crippen molar-refractivity contribution in [1.29, 1.82) is 0 Å². The molecule has 8 heteroatoms. The van der Waals surface area contributed by atoms with Gasteiger partial charge in [-0.2, -0.15) is 0 Å². The number of imidazole rings is 1. The SMILES string of the molecule is Cc1noc(C)c1CSc1ncccc1C(=O)Nc1ccc(-n2cnc3ccccc32)cc1. The lowest BCUT2D eigenvalue weighted by molar-refractivity contribution is 0.102.